The van der Waals surface area contributed by atoms with Crippen LogP contribution in [0.2, 0.25) is 0 Å². The van der Waals surface area contributed by atoms with Crippen LogP contribution in [0.4, 0.5) is 19.3 Å². The van der Waals surface area contributed by atoms with E-state index in [1.807, 2.05) is 0 Å². The standard InChI is InChI=1S/C14H16F2N2O3/c15-9-5-10(16)7-11(6-9)17-13(21)18-14(8-12(19)20)3-1-2-4-14/h5-7H,1-4,8H2,(H,19,20)(H2,17,18,21). The number of benzene rings is 1. The fourth-order valence-corrected chi connectivity index (χ4v) is 2.72. The average Bonchev–Trinajstić information content (AvgIpc) is 2.74. The van der Waals surface area contributed by atoms with Crippen molar-refractivity contribution in [3.63, 3.8) is 0 Å². The van der Waals surface area contributed by atoms with E-state index in [4.69, 9.17) is 5.11 Å². The predicted octanol–water partition coefficient (Wildman–Crippen LogP) is 2.87. The zero-order valence-corrected chi connectivity index (χ0v) is 11.3. The normalized spacial score (nSPS) is 16.5. The van der Waals surface area contributed by atoms with Crippen molar-refractivity contribution in [1.82, 2.24) is 5.32 Å². The fraction of sp³-hybridized carbons (Fsp3) is 0.429. The molecule has 7 heteroatoms. The van der Waals surface area contributed by atoms with E-state index in [-0.39, 0.29) is 12.1 Å². The molecule has 21 heavy (non-hydrogen) atoms. The van der Waals surface area contributed by atoms with Crippen molar-refractivity contribution < 1.29 is 23.5 Å². The lowest BCUT2D eigenvalue weighted by molar-refractivity contribution is -0.138. The molecule has 1 saturated carbocycles. The van der Waals surface area contributed by atoms with Gasteiger partial charge in [-0.05, 0) is 25.0 Å². The molecule has 2 rings (SSSR count). The van der Waals surface area contributed by atoms with Gasteiger partial charge in [-0.2, -0.15) is 0 Å². The highest BCUT2D eigenvalue weighted by molar-refractivity contribution is 5.90. The number of urea groups is 1. The smallest absolute Gasteiger partial charge is 0.319 e. The Hall–Kier alpha value is -2.18. The molecule has 1 aliphatic rings. The Balaban J connectivity index is 2.04. The van der Waals surface area contributed by atoms with E-state index in [2.05, 4.69) is 10.6 Å². The van der Waals surface area contributed by atoms with Crippen molar-refractivity contribution in [2.45, 2.75) is 37.6 Å². The van der Waals surface area contributed by atoms with Gasteiger partial charge in [0.2, 0.25) is 0 Å². The number of aliphatic carboxylic acids is 1. The molecule has 1 fully saturated rings. The van der Waals surface area contributed by atoms with Gasteiger partial charge in [-0.25, -0.2) is 13.6 Å². The minimum Gasteiger partial charge on any atom is -0.481 e. The molecule has 1 aromatic rings. The number of amides is 2. The minimum atomic E-state index is -0.992. The highest BCUT2D eigenvalue weighted by atomic mass is 19.1. The third kappa shape index (κ3) is 4.14. The van der Waals surface area contributed by atoms with Gasteiger partial charge in [-0.3, -0.25) is 4.79 Å². The molecule has 1 aliphatic carbocycles. The lowest BCUT2D eigenvalue weighted by Gasteiger charge is -2.28. The molecule has 0 aliphatic heterocycles. The third-order valence-electron chi connectivity index (χ3n) is 3.55. The lowest BCUT2D eigenvalue weighted by atomic mass is 9.93. The molecule has 0 radical (unpaired) electrons. The zero-order valence-electron chi connectivity index (χ0n) is 11.3. The second-order valence-electron chi connectivity index (χ2n) is 5.30. The zero-order chi connectivity index (χ0) is 15.5. The van der Waals surface area contributed by atoms with Crippen molar-refractivity contribution in [2.24, 2.45) is 0 Å². The molecule has 3 N–H and O–H groups in total. The maximum Gasteiger partial charge on any atom is 0.319 e. The summed E-state index contributed by atoms with van der Waals surface area (Å²) in [5.74, 6) is -2.59. The van der Waals surface area contributed by atoms with Crippen LogP contribution in [-0.4, -0.2) is 22.6 Å². The Morgan fingerprint density at radius 3 is 2.24 bits per heavy atom. The van der Waals surface area contributed by atoms with Crippen LogP contribution in [0, 0.1) is 11.6 Å². The summed E-state index contributed by atoms with van der Waals surface area (Å²) in [5, 5.41) is 13.9. The number of carbonyl (C=O) groups excluding carboxylic acids is 1. The molecular weight excluding hydrogens is 282 g/mol. The largest absolute Gasteiger partial charge is 0.481 e. The Morgan fingerprint density at radius 2 is 1.71 bits per heavy atom. The first-order valence-electron chi connectivity index (χ1n) is 6.66. The van der Waals surface area contributed by atoms with Crippen molar-refractivity contribution in [2.75, 3.05) is 5.32 Å². The number of hydrogen-bond donors (Lipinski definition) is 3. The van der Waals surface area contributed by atoms with E-state index in [0.29, 0.717) is 18.9 Å². The minimum absolute atomic E-state index is 0.0199. The van der Waals surface area contributed by atoms with Gasteiger partial charge in [0, 0.05) is 11.8 Å². The molecule has 0 heterocycles. The Kier molecular flexibility index (Phi) is 4.40. The maximum atomic E-state index is 13.0. The van der Waals surface area contributed by atoms with Gasteiger partial charge in [0.05, 0.1) is 12.0 Å². The highest BCUT2D eigenvalue weighted by Gasteiger charge is 2.37. The van der Waals surface area contributed by atoms with Crippen molar-refractivity contribution >= 4 is 17.7 Å². The summed E-state index contributed by atoms with van der Waals surface area (Å²) in [6.07, 6.45) is 2.65. The maximum absolute atomic E-state index is 13.0. The van der Waals surface area contributed by atoms with Crippen LogP contribution < -0.4 is 10.6 Å². The number of halogens is 2. The highest BCUT2D eigenvalue weighted by Crippen LogP contribution is 2.32. The number of anilines is 1. The summed E-state index contributed by atoms with van der Waals surface area (Å²) < 4.78 is 26.1. The molecule has 114 valence electrons. The Labute approximate surface area is 120 Å². The van der Waals surface area contributed by atoms with E-state index in [9.17, 15) is 18.4 Å². The quantitative estimate of drug-likeness (QED) is 0.799. The van der Waals surface area contributed by atoms with Gasteiger partial charge in [-0.1, -0.05) is 12.8 Å². The van der Waals surface area contributed by atoms with Crippen LogP contribution in [-0.2, 0) is 4.79 Å². The topological polar surface area (TPSA) is 78.4 Å². The summed E-state index contributed by atoms with van der Waals surface area (Å²) in [7, 11) is 0. The van der Waals surface area contributed by atoms with Gasteiger partial charge in [0.25, 0.3) is 0 Å². The molecule has 5 nitrogen and oxygen atoms in total. The molecule has 0 saturated heterocycles. The van der Waals surface area contributed by atoms with Crippen LogP contribution in [0.5, 0.6) is 0 Å². The summed E-state index contributed by atoms with van der Waals surface area (Å²) in [6.45, 7) is 0. The van der Waals surface area contributed by atoms with Crippen molar-refractivity contribution in [3.8, 4) is 0 Å². The Morgan fingerprint density at radius 1 is 1.14 bits per heavy atom. The number of carbonyl (C=O) groups is 2. The second kappa shape index (κ2) is 6.07. The summed E-state index contributed by atoms with van der Waals surface area (Å²) in [5.41, 5.74) is -0.810. The number of rotatable bonds is 4. The van der Waals surface area contributed by atoms with E-state index in [0.717, 1.165) is 25.0 Å². The third-order valence-corrected chi connectivity index (χ3v) is 3.55. The van der Waals surface area contributed by atoms with E-state index in [1.54, 1.807) is 0 Å². The van der Waals surface area contributed by atoms with E-state index >= 15 is 0 Å². The number of hydrogen-bond acceptors (Lipinski definition) is 2. The second-order valence-corrected chi connectivity index (χ2v) is 5.30. The summed E-state index contributed by atoms with van der Waals surface area (Å²) >= 11 is 0. The number of carboxylic acids is 1. The van der Waals surface area contributed by atoms with Crippen LogP contribution >= 0.6 is 0 Å². The van der Waals surface area contributed by atoms with Gasteiger partial charge in [0.15, 0.2) is 0 Å². The van der Waals surface area contributed by atoms with Crippen LogP contribution in [0.25, 0.3) is 0 Å². The van der Waals surface area contributed by atoms with Gasteiger partial charge >= 0.3 is 12.0 Å². The van der Waals surface area contributed by atoms with Crippen molar-refractivity contribution in [3.05, 3.63) is 29.8 Å². The molecule has 0 spiro atoms. The predicted molar refractivity (Wildman–Crippen MR) is 72.0 cm³/mol. The Bertz CT molecular complexity index is 537. The monoisotopic (exact) mass is 298 g/mol. The van der Waals surface area contributed by atoms with Crippen LogP contribution in [0.15, 0.2) is 18.2 Å². The lowest BCUT2D eigenvalue weighted by Crippen LogP contribution is -2.49. The molecule has 0 unspecified atom stereocenters. The molecule has 0 aromatic heterocycles. The van der Waals surface area contributed by atoms with Crippen molar-refractivity contribution in [1.29, 1.82) is 0 Å². The van der Waals surface area contributed by atoms with Gasteiger partial charge < -0.3 is 15.7 Å². The first kappa shape index (κ1) is 15.2. The molecule has 0 atom stereocenters. The summed E-state index contributed by atoms with van der Waals surface area (Å²) in [6, 6.07) is 2.01. The van der Waals surface area contributed by atoms with Crippen LogP contribution in [0.3, 0.4) is 0 Å². The van der Waals surface area contributed by atoms with Gasteiger partial charge in [0.1, 0.15) is 11.6 Å². The van der Waals surface area contributed by atoms with E-state index in [1.165, 1.54) is 0 Å². The fourth-order valence-electron chi connectivity index (χ4n) is 2.72. The van der Waals surface area contributed by atoms with Gasteiger partial charge in [-0.15, -0.1) is 0 Å². The number of nitrogens with one attached hydrogen (secondary N) is 2. The first-order chi connectivity index (χ1) is 9.88. The van der Waals surface area contributed by atoms with E-state index < -0.39 is 29.2 Å². The average molecular weight is 298 g/mol. The SMILES string of the molecule is O=C(O)CC1(NC(=O)Nc2cc(F)cc(F)c2)CCCC1. The number of carboxylic acid groups (broad SMARTS) is 1. The molecular formula is C14H16F2N2O3. The molecule has 0 bridgehead atoms. The van der Waals surface area contributed by atoms with Crippen LogP contribution in [0.1, 0.15) is 32.1 Å². The molecule has 2 amide bonds. The first-order valence-corrected chi connectivity index (χ1v) is 6.66. The summed E-state index contributed by atoms with van der Waals surface area (Å²) in [4.78, 5) is 22.8. The molecule has 1 aromatic carbocycles.